The Kier molecular flexibility index (Phi) is 3.43. The highest BCUT2D eigenvalue weighted by Crippen LogP contribution is 2.05. The fourth-order valence-corrected chi connectivity index (χ4v) is 0.994. The molecule has 1 aromatic rings. The third kappa shape index (κ3) is 3.13. The van der Waals surface area contributed by atoms with Gasteiger partial charge in [-0.15, -0.1) is 0 Å². The van der Waals surface area contributed by atoms with E-state index in [1.807, 2.05) is 6.07 Å². The quantitative estimate of drug-likeness (QED) is 0.668. The lowest BCUT2D eigenvalue weighted by Gasteiger charge is -1.95. The second-order valence-electron chi connectivity index (χ2n) is 2.95. The maximum absolute atomic E-state index is 10.4. The van der Waals surface area contributed by atoms with Crippen molar-refractivity contribution in [3.63, 3.8) is 0 Å². The Morgan fingerprint density at radius 2 is 2.40 bits per heavy atom. The van der Waals surface area contributed by atoms with E-state index in [0.29, 0.717) is 11.3 Å². The number of nitrogens with zero attached hydrogens (tertiary/aromatic N) is 2. The molecule has 15 heavy (non-hydrogen) atoms. The molecule has 0 bridgehead atoms. The Bertz CT molecular complexity index is 489. The van der Waals surface area contributed by atoms with Crippen LogP contribution in [0.15, 0.2) is 12.3 Å². The Hall–Kier alpha value is -2.33. The fourth-order valence-electron chi connectivity index (χ4n) is 0.994. The number of pyridine rings is 1. The molecule has 1 aromatic heterocycles. The highest BCUT2D eigenvalue weighted by Gasteiger charge is 1.98. The van der Waals surface area contributed by atoms with Crippen LogP contribution in [0, 0.1) is 30.1 Å². The molecule has 0 saturated carbocycles. The van der Waals surface area contributed by atoms with E-state index in [0.717, 1.165) is 5.56 Å². The summed E-state index contributed by atoms with van der Waals surface area (Å²) in [7, 11) is 0. The Morgan fingerprint density at radius 3 is 2.93 bits per heavy atom. The second-order valence-corrected chi connectivity index (χ2v) is 2.95. The molecule has 0 aromatic carbocycles. The SMILES string of the molecule is Cc1cc(C#CCC(N)=O)cnc1C#N. The summed E-state index contributed by atoms with van der Waals surface area (Å²) >= 11 is 0. The summed E-state index contributed by atoms with van der Waals surface area (Å²) in [6.07, 6.45) is 1.53. The summed E-state index contributed by atoms with van der Waals surface area (Å²) in [5.41, 5.74) is 6.76. The van der Waals surface area contributed by atoms with Gasteiger partial charge in [-0.2, -0.15) is 5.26 Å². The molecular formula is C11H9N3O. The van der Waals surface area contributed by atoms with Crippen LogP contribution >= 0.6 is 0 Å². The van der Waals surface area contributed by atoms with E-state index >= 15 is 0 Å². The summed E-state index contributed by atoms with van der Waals surface area (Å²) in [4.78, 5) is 14.3. The zero-order valence-electron chi connectivity index (χ0n) is 8.24. The van der Waals surface area contributed by atoms with Gasteiger partial charge in [-0.25, -0.2) is 4.98 Å². The first-order valence-corrected chi connectivity index (χ1v) is 4.27. The van der Waals surface area contributed by atoms with E-state index in [1.54, 1.807) is 13.0 Å². The highest BCUT2D eigenvalue weighted by atomic mass is 16.1. The number of carbonyl (C=O) groups excluding carboxylic acids is 1. The van der Waals surface area contributed by atoms with Crippen molar-refractivity contribution in [2.24, 2.45) is 5.73 Å². The molecule has 0 saturated heterocycles. The van der Waals surface area contributed by atoms with E-state index in [-0.39, 0.29) is 6.42 Å². The number of nitrogens with two attached hydrogens (primary N) is 1. The van der Waals surface area contributed by atoms with Crippen LogP contribution in [0.5, 0.6) is 0 Å². The largest absolute Gasteiger partial charge is 0.369 e. The van der Waals surface area contributed by atoms with Gasteiger partial charge in [0.05, 0.1) is 6.42 Å². The van der Waals surface area contributed by atoms with E-state index in [1.165, 1.54) is 6.20 Å². The van der Waals surface area contributed by atoms with Crippen molar-refractivity contribution in [3.8, 4) is 17.9 Å². The van der Waals surface area contributed by atoms with Gasteiger partial charge in [0.25, 0.3) is 0 Å². The molecule has 74 valence electrons. The van der Waals surface area contributed by atoms with Crippen molar-refractivity contribution >= 4 is 5.91 Å². The third-order valence-electron chi connectivity index (χ3n) is 1.68. The predicted octanol–water partition coefficient (Wildman–Crippen LogP) is 0.489. The van der Waals surface area contributed by atoms with E-state index in [4.69, 9.17) is 11.0 Å². The molecule has 1 heterocycles. The van der Waals surface area contributed by atoms with Gasteiger partial charge in [0.2, 0.25) is 5.91 Å². The molecule has 4 nitrogen and oxygen atoms in total. The number of aryl methyl sites for hydroxylation is 1. The molecule has 1 rings (SSSR count). The number of primary amides is 1. The highest BCUT2D eigenvalue weighted by molar-refractivity contribution is 5.76. The predicted molar refractivity (Wildman–Crippen MR) is 54.4 cm³/mol. The molecule has 0 unspecified atom stereocenters. The normalized spacial score (nSPS) is 8.53. The topological polar surface area (TPSA) is 79.8 Å². The smallest absolute Gasteiger partial charge is 0.229 e. The van der Waals surface area contributed by atoms with E-state index < -0.39 is 5.91 Å². The lowest BCUT2D eigenvalue weighted by Crippen LogP contribution is -2.08. The van der Waals surface area contributed by atoms with Crippen molar-refractivity contribution in [1.29, 1.82) is 5.26 Å². The molecule has 2 N–H and O–H groups in total. The molecular weight excluding hydrogens is 190 g/mol. The third-order valence-corrected chi connectivity index (χ3v) is 1.68. The first-order valence-electron chi connectivity index (χ1n) is 4.27. The van der Waals surface area contributed by atoms with Gasteiger partial charge in [-0.05, 0) is 18.6 Å². The summed E-state index contributed by atoms with van der Waals surface area (Å²) in [5, 5.41) is 8.65. The average molecular weight is 199 g/mol. The van der Waals surface area contributed by atoms with Crippen LogP contribution in [0.4, 0.5) is 0 Å². The number of rotatable bonds is 1. The van der Waals surface area contributed by atoms with Crippen molar-refractivity contribution in [2.45, 2.75) is 13.3 Å². The van der Waals surface area contributed by atoms with Gasteiger partial charge >= 0.3 is 0 Å². The summed E-state index contributed by atoms with van der Waals surface area (Å²) in [6.45, 7) is 1.78. The van der Waals surface area contributed by atoms with Crippen molar-refractivity contribution in [2.75, 3.05) is 0 Å². The van der Waals surface area contributed by atoms with Crippen LogP contribution < -0.4 is 5.73 Å². The molecule has 0 atom stereocenters. The van der Waals surface area contributed by atoms with Crippen molar-refractivity contribution < 1.29 is 4.79 Å². The van der Waals surface area contributed by atoms with Gasteiger partial charge in [0.1, 0.15) is 11.8 Å². The number of amides is 1. The second kappa shape index (κ2) is 4.78. The molecule has 1 amide bonds. The monoisotopic (exact) mass is 199 g/mol. The summed E-state index contributed by atoms with van der Waals surface area (Å²) < 4.78 is 0. The minimum atomic E-state index is -0.458. The molecule has 4 heteroatoms. The molecule has 0 spiro atoms. The summed E-state index contributed by atoms with van der Waals surface area (Å²) in [6, 6.07) is 3.71. The minimum Gasteiger partial charge on any atom is -0.369 e. The number of carbonyl (C=O) groups is 1. The number of nitriles is 1. The molecule has 0 radical (unpaired) electrons. The van der Waals surface area contributed by atoms with Crippen molar-refractivity contribution in [3.05, 3.63) is 29.1 Å². The fraction of sp³-hybridized carbons (Fsp3) is 0.182. The molecule has 0 fully saturated rings. The van der Waals surface area contributed by atoms with Gasteiger partial charge in [0, 0.05) is 11.8 Å². The lowest BCUT2D eigenvalue weighted by atomic mass is 10.1. The Balaban J connectivity index is 2.88. The lowest BCUT2D eigenvalue weighted by molar-refractivity contribution is -0.117. The molecule has 0 aliphatic carbocycles. The van der Waals surface area contributed by atoms with Gasteiger partial charge in [-0.3, -0.25) is 4.79 Å². The first-order chi connectivity index (χ1) is 7.13. The van der Waals surface area contributed by atoms with Crippen LogP contribution in [0.1, 0.15) is 23.2 Å². The van der Waals surface area contributed by atoms with Crippen LogP contribution in [0.3, 0.4) is 0 Å². The van der Waals surface area contributed by atoms with Crippen LogP contribution in [0.25, 0.3) is 0 Å². The Morgan fingerprint density at radius 1 is 1.67 bits per heavy atom. The number of hydrogen-bond donors (Lipinski definition) is 1. The minimum absolute atomic E-state index is 0.0268. The van der Waals surface area contributed by atoms with Gasteiger partial charge < -0.3 is 5.73 Å². The number of aromatic nitrogens is 1. The average Bonchev–Trinajstić information content (AvgIpc) is 2.17. The first kappa shape index (κ1) is 10.7. The van der Waals surface area contributed by atoms with Crippen LogP contribution in [0.2, 0.25) is 0 Å². The number of hydrogen-bond acceptors (Lipinski definition) is 3. The maximum Gasteiger partial charge on any atom is 0.229 e. The van der Waals surface area contributed by atoms with Crippen LogP contribution in [-0.2, 0) is 4.79 Å². The molecule has 0 aliphatic rings. The zero-order chi connectivity index (χ0) is 11.3. The standard InChI is InChI=1S/C11H9N3O/c1-8-5-9(3-2-4-11(13)15)7-14-10(8)6-12/h5,7H,4H2,1H3,(H2,13,15). The summed E-state index contributed by atoms with van der Waals surface area (Å²) in [5.74, 6) is 4.91. The Labute approximate surface area is 87.7 Å². The molecule has 0 aliphatic heterocycles. The van der Waals surface area contributed by atoms with E-state index in [2.05, 4.69) is 16.8 Å². The van der Waals surface area contributed by atoms with Gasteiger partial charge in [-0.1, -0.05) is 11.8 Å². The van der Waals surface area contributed by atoms with Crippen LogP contribution in [-0.4, -0.2) is 10.9 Å². The van der Waals surface area contributed by atoms with E-state index in [9.17, 15) is 4.79 Å². The zero-order valence-corrected chi connectivity index (χ0v) is 8.24. The maximum atomic E-state index is 10.4. The van der Waals surface area contributed by atoms with Crippen molar-refractivity contribution in [1.82, 2.24) is 4.98 Å². The van der Waals surface area contributed by atoms with Gasteiger partial charge in [0.15, 0.2) is 0 Å².